The predicted molar refractivity (Wildman–Crippen MR) is 106 cm³/mol. The van der Waals surface area contributed by atoms with E-state index < -0.39 is 6.61 Å². The van der Waals surface area contributed by atoms with Gasteiger partial charge in [0.2, 0.25) is 5.91 Å². The fourth-order valence-electron chi connectivity index (χ4n) is 2.81. The van der Waals surface area contributed by atoms with Crippen LogP contribution in [0.3, 0.4) is 0 Å². The smallest absolute Gasteiger partial charge is 0.387 e. The summed E-state index contributed by atoms with van der Waals surface area (Å²) in [5.41, 5.74) is 1.93. The maximum absolute atomic E-state index is 12.4. The first-order chi connectivity index (χ1) is 13.9. The molecule has 0 aliphatic rings. The van der Waals surface area contributed by atoms with Gasteiger partial charge in [0.05, 0.1) is 20.8 Å². The Hall–Kier alpha value is -2.87. The second kappa shape index (κ2) is 11.2. The van der Waals surface area contributed by atoms with Crippen molar-refractivity contribution in [1.82, 2.24) is 10.2 Å². The highest BCUT2D eigenvalue weighted by atomic mass is 19.3. The van der Waals surface area contributed by atoms with Crippen molar-refractivity contribution in [1.29, 1.82) is 0 Å². The minimum absolute atomic E-state index is 0.0230. The fourth-order valence-corrected chi connectivity index (χ4v) is 2.81. The summed E-state index contributed by atoms with van der Waals surface area (Å²) in [6, 6.07) is 12.4. The average molecular weight is 408 g/mol. The monoisotopic (exact) mass is 408 g/mol. The van der Waals surface area contributed by atoms with E-state index in [4.69, 9.17) is 9.47 Å². The molecule has 0 saturated heterocycles. The number of rotatable bonds is 11. The Morgan fingerprint density at radius 1 is 1.03 bits per heavy atom. The van der Waals surface area contributed by atoms with Gasteiger partial charge in [0, 0.05) is 13.1 Å². The number of ether oxygens (including phenoxy) is 3. The van der Waals surface area contributed by atoms with Gasteiger partial charge in [-0.2, -0.15) is 8.78 Å². The zero-order valence-corrected chi connectivity index (χ0v) is 16.8. The first kappa shape index (κ1) is 22.4. The third-order valence-electron chi connectivity index (χ3n) is 4.21. The van der Waals surface area contributed by atoms with Gasteiger partial charge < -0.3 is 19.5 Å². The Bertz CT molecular complexity index is 785. The lowest BCUT2D eigenvalue weighted by Crippen LogP contribution is -2.35. The van der Waals surface area contributed by atoms with Crippen LogP contribution in [0, 0.1) is 0 Å². The van der Waals surface area contributed by atoms with E-state index in [2.05, 4.69) is 10.1 Å². The molecule has 0 aromatic heterocycles. The standard InChI is InChI=1S/C21H26F2N2O4/c1-25(13-16-6-9-18(29-21(22)23)19(12-16)28-3)14-20(26)24-11-10-15-4-7-17(27-2)8-5-15/h4-9,12,21H,10-11,13-14H2,1-3H3,(H,24,26). The van der Waals surface area contributed by atoms with Gasteiger partial charge in [-0.05, 0) is 48.9 Å². The molecule has 6 nitrogen and oxygen atoms in total. The summed E-state index contributed by atoms with van der Waals surface area (Å²) in [7, 11) is 4.81. The van der Waals surface area contributed by atoms with Crippen molar-refractivity contribution in [3.8, 4) is 17.2 Å². The highest BCUT2D eigenvalue weighted by molar-refractivity contribution is 5.77. The summed E-state index contributed by atoms with van der Waals surface area (Å²) in [4.78, 5) is 14.0. The number of halogens is 2. The van der Waals surface area contributed by atoms with Crippen molar-refractivity contribution in [2.45, 2.75) is 19.6 Å². The zero-order chi connectivity index (χ0) is 21.2. The third kappa shape index (κ3) is 7.57. The fraction of sp³-hybridized carbons (Fsp3) is 0.381. The van der Waals surface area contributed by atoms with Gasteiger partial charge in [-0.3, -0.25) is 9.69 Å². The molecule has 0 fully saturated rings. The van der Waals surface area contributed by atoms with Crippen LogP contribution in [-0.2, 0) is 17.8 Å². The highest BCUT2D eigenvalue weighted by Crippen LogP contribution is 2.29. The molecule has 29 heavy (non-hydrogen) atoms. The maximum atomic E-state index is 12.4. The normalized spacial score (nSPS) is 10.9. The number of carbonyl (C=O) groups is 1. The van der Waals surface area contributed by atoms with E-state index >= 15 is 0 Å². The molecule has 0 aliphatic heterocycles. The van der Waals surface area contributed by atoms with Gasteiger partial charge in [0.1, 0.15) is 5.75 Å². The molecule has 158 valence electrons. The lowest BCUT2D eigenvalue weighted by atomic mass is 10.1. The second-order valence-electron chi connectivity index (χ2n) is 6.48. The topological polar surface area (TPSA) is 60.0 Å². The summed E-state index contributed by atoms with van der Waals surface area (Å²) in [6.45, 7) is -1.72. The van der Waals surface area contributed by atoms with Crippen molar-refractivity contribution in [2.75, 3.05) is 34.4 Å². The van der Waals surface area contributed by atoms with Gasteiger partial charge >= 0.3 is 6.61 Å². The summed E-state index contributed by atoms with van der Waals surface area (Å²) in [6.07, 6.45) is 0.724. The number of amides is 1. The Kier molecular flexibility index (Phi) is 8.67. The molecule has 0 atom stereocenters. The van der Waals surface area contributed by atoms with Crippen LogP contribution in [0.25, 0.3) is 0 Å². The number of alkyl halides is 2. The molecule has 1 amide bonds. The van der Waals surface area contributed by atoms with Crippen LogP contribution in [-0.4, -0.2) is 51.8 Å². The number of hydrogen-bond donors (Lipinski definition) is 1. The number of methoxy groups -OCH3 is 2. The van der Waals surface area contributed by atoms with Crippen LogP contribution in [0.15, 0.2) is 42.5 Å². The Morgan fingerprint density at radius 2 is 1.72 bits per heavy atom. The van der Waals surface area contributed by atoms with Crippen molar-refractivity contribution < 1.29 is 27.8 Å². The minimum atomic E-state index is -2.92. The molecule has 2 aromatic carbocycles. The largest absolute Gasteiger partial charge is 0.497 e. The van der Waals surface area contributed by atoms with E-state index in [1.54, 1.807) is 26.3 Å². The third-order valence-corrected chi connectivity index (χ3v) is 4.21. The van der Waals surface area contributed by atoms with Gasteiger partial charge in [-0.25, -0.2) is 0 Å². The number of likely N-dealkylation sites (N-methyl/N-ethyl adjacent to an activating group) is 1. The van der Waals surface area contributed by atoms with E-state index in [9.17, 15) is 13.6 Å². The van der Waals surface area contributed by atoms with Crippen LogP contribution in [0.2, 0.25) is 0 Å². The first-order valence-corrected chi connectivity index (χ1v) is 9.11. The van der Waals surface area contributed by atoms with Crippen molar-refractivity contribution in [3.05, 3.63) is 53.6 Å². The maximum Gasteiger partial charge on any atom is 0.387 e. The van der Waals surface area contributed by atoms with Crippen molar-refractivity contribution >= 4 is 5.91 Å². The quantitative estimate of drug-likeness (QED) is 0.619. The van der Waals surface area contributed by atoms with Gasteiger partial charge in [0.15, 0.2) is 11.5 Å². The molecule has 0 bridgehead atoms. The number of nitrogens with one attached hydrogen (secondary N) is 1. The van der Waals surface area contributed by atoms with Crippen LogP contribution < -0.4 is 19.5 Å². The molecule has 2 rings (SSSR count). The first-order valence-electron chi connectivity index (χ1n) is 9.11. The highest BCUT2D eigenvalue weighted by Gasteiger charge is 2.13. The molecule has 0 heterocycles. The van der Waals surface area contributed by atoms with Crippen molar-refractivity contribution in [3.63, 3.8) is 0 Å². The lowest BCUT2D eigenvalue weighted by molar-refractivity contribution is -0.122. The van der Waals surface area contributed by atoms with Gasteiger partial charge in [-0.1, -0.05) is 18.2 Å². The summed E-state index contributed by atoms with van der Waals surface area (Å²) in [5.74, 6) is 0.904. The van der Waals surface area contributed by atoms with E-state index in [1.165, 1.54) is 13.2 Å². The van der Waals surface area contributed by atoms with Gasteiger partial charge in [0.25, 0.3) is 0 Å². The molecule has 0 radical (unpaired) electrons. The van der Waals surface area contributed by atoms with Crippen LogP contribution in [0.5, 0.6) is 17.2 Å². The number of hydrogen-bond acceptors (Lipinski definition) is 5. The molecule has 2 aromatic rings. The van der Waals surface area contributed by atoms with E-state index in [-0.39, 0.29) is 24.0 Å². The molecular formula is C21H26F2N2O4. The molecule has 0 unspecified atom stereocenters. The lowest BCUT2D eigenvalue weighted by Gasteiger charge is -2.18. The summed E-state index contributed by atoms with van der Waals surface area (Å²) < 4.78 is 39.4. The van der Waals surface area contributed by atoms with E-state index in [0.717, 1.165) is 23.3 Å². The van der Waals surface area contributed by atoms with E-state index in [1.807, 2.05) is 29.2 Å². The molecule has 8 heteroatoms. The molecular weight excluding hydrogens is 382 g/mol. The van der Waals surface area contributed by atoms with E-state index in [0.29, 0.717) is 13.1 Å². The molecule has 0 aliphatic carbocycles. The van der Waals surface area contributed by atoms with Crippen LogP contribution in [0.1, 0.15) is 11.1 Å². The molecule has 0 saturated carbocycles. The zero-order valence-electron chi connectivity index (χ0n) is 16.8. The molecule has 0 spiro atoms. The Labute approximate surface area is 169 Å². The minimum Gasteiger partial charge on any atom is -0.497 e. The summed E-state index contributed by atoms with van der Waals surface area (Å²) in [5, 5.41) is 2.89. The van der Waals surface area contributed by atoms with Gasteiger partial charge in [-0.15, -0.1) is 0 Å². The second-order valence-corrected chi connectivity index (χ2v) is 6.48. The SMILES string of the molecule is COc1ccc(CCNC(=O)CN(C)Cc2ccc(OC(F)F)c(OC)c2)cc1. The number of nitrogens with zero attached hydrogens (tertiary/aromatic N) is 1. The number of benzene rings is 2. The number of carbonyl (C=O) groups excluding carboxylic acids is 1. The van der Waals surface area contributed by atoms with Crippen LogP contribution >= 0.6 is 0 Å². The van der Waals surface area contributed by atoms with Crippen molar-refractivity contribution in [2.24, 2.45) is 0 Å². The molecule has 1 N–H and O–H groups in total. The van der Waals surface area contributed by atoms with Crippen LogP contribution in [0.4, 0.5) is 8.78 Å². The predicted octanol–water partition coefficient (Wildman–Crippen LogP) is 3.10. The average Bonchev–Trinajstić information content (AvgIpc) is 2.69. The Balaban J connectivity index is 1.78. The summed E-state index contributed by atoms with van der Waals surface area (Å²) >= 11 is 0. The Morgan fingerprint density at radius 3 is 2.34 bits per heavy atom.